The Hall–Kier alpha value is -2.58. The molecule has 31 heavy (non-hydrogen) atoms. The molecule has 1 fully saturated rings. The van der Waals surface area contributed by atoms with Crippen molar-refractivity contribution in [3.8, 4) is 0 Å². The Morgan fingerprint density at radius 2 is 1.87 bits per heavy atom. The third kappa shape index (κ3) is 8.22. The van der Waals surface area contributed by atoms with Gasteiger partial charge < -0.3 is 42.9 Å². The van der Waals surface area contributed by atoms with Gasteiger partial charge in [0, 0.05) is 18.8 Å². The van der Waals surface area contributed by atoms with Gasteiger partial charge in [0.1, 0.15) is 24.2 Å². The van der Waals surface area contributed by atoms with Gasteiger partial charge in [-0.3, -0.25) is 19.4 Å². The molecule has 3 amide bonds. The van der Waals surface area contributed by atoms with Crippen molar-refractivity contribution in [2.75, 3.05) is 25.4 Å². The molecule has 0 aromatic heterocycles. The molecule has 0 spiro atoms. The summed E-state index contributed by atoms with van der Waals surface area (Å²) in [6.45, 7) is -0.0411. The second-order valence-corrected chi connectivity index (χ2v) is 7.44. The number of amides is 3. The summed E-state index contributed by atoms with van der Waals surface area (Å²) in [4.78, 5) is 53.9. The molecule has 0 bridgehead atoms. The standard InChI is InChI=1S/C17H31N7O6S/c18-9(7-25)15(28)24-6-2-4-12(24)14(27)23-11(8-31)13(26)22-10(16(29)30)3-1-5-21-17(19)20/h9-12,25,31H,1-8,18H2,(H,22,26)(H,23,27)(H,29,30)(H4,19,20,21). The maximum absolute atomic E-state index is 12.7. The summed E-state index contributed by atoms with van der Waals surface area (Å²) in [5.74, 6) is -3.31. The topological polar surface area (TPSA) is 226 Å². The molecule has 0 saturated carbocycles. The van der Waals surface area contributed by atoms with Crippen LogP contribution in [0.5, 0.6) is 0 Å². The van der Waals surface area contributed by atoms with Crippen LogP contribution in [0, 0.1) is 0 Å². The third-order valence-corrected chi connectivity index (χ3v) is 5.09. The van der Waals surface area contributed by atoms with Crippen LogP contribution in [0.2, 0.25) is 0 Å². The van der Waals surface area contributed by atoms with Crippen molar-refractivity contribution >= 4 is 42.3 Å². The van der Waals surface area contributed by atoms with Crippen LogP contribution in [0.1, 0.15) is 25.7 Å². The van der Waals surface area contributed by atoms with Gasteiger partial charge in [0.2, 0.25) is 17.7 Å². The fraction of sp³-hybridized carbons (Fsp3) is 0.706. The second kappa shape index (κ2) is 13.0. The van der Waals surface area contributed by atoms with Gasteiger partial charge in [-0.1, -0.05) is 0 Å². The molecule has 1 aliphatic rings. The predicted octanol–water partition coefficient (Wildman–Crippen LogP) is -3.67. The first kappa shape index (κ1) is 26.5. The van der Waals surface area contributed by atoms with Crippen molar-refractivity contribution < 1.29 is 29.4 Å². The van der Waals surface area contributed by atoms with Crippen LogP contribution in [0.3, 0.4) is 0 Å². The Kier molecular flexibility index (Phi) is 11.1. The highest BCUT2D eigenvalue weighted by Gasteiger charge is 2.37. The van der Waals surface area contributed by atoms with Crippen molar-refractivity contribution in [3.05, 3.63) is 0 Å². The number of guanidine groups is 1. The number of aliphatic hydroxyl groups excluding tert-OH is 1. The Morgan fingerprint density at radius 1 is 1.19 bits per heavy atom. The summed E-state index contributed by atoms with van der Waals surface area (Å²) in [6, 6.07) is -4.28. The van der Waals surface area contributed by atoms with Gasteiger partial charge in [0.15, 0.2) is 5.96 Å². The fourth-order valence-electron chi connectivity index (χ4n) is 3.09. The van der Waals surface area contributed by atoms with E-state index >= 15 is 0 Å². The van der Waals surface area contributed by atoms with E-state index < -0.39 is 54.5 Å². The van der Waals surface area contributed by atoms with Crippen LogP contribution in [-0.2, 0) is 19.2 Å². The molecular formula is C17H31N7O6S. The van der Waals surface area contributed by atoms with Crippen LogP contribution < -0.4 is 27.8 Å². The van der Waals surface area contributed by atoms with Crippen LogP contribution in [-0.4, -0.2) is 94.4 Å². The molecule has 1 heterocycles. The molecule has 1 saturated heterocycles. The number of nitrogens with zero attached hydrogens (tertiary/aromatic N) is 2. The highest BCUT2D eigenvalue weighted by Crippen LogP contribution is 2.18. The lowest BCUT2D eigenvalue weighted by Crippen LogP contribution is -2.57. The molecule has 14 heteroatoms. The van der Waals surface area contributed by atoms with E-state index in [1.807, 2.05) is 0 Å². The van der Waals surface area contributed by atoms with Crippen LogP contribution in [0.25, 0.3) is 0 Å². The van der Waals surface area contributed by atoms with E-state index in [1.165, 1.54) is 4.90 Å². The van der Waals surface area contributed by atoms with Crippen molar-refractivity contribution in [2.45, 2.75) is 49.9 Å². The quantitative estimate of drug-likeness (QED) is 0.0619. The van der Waals surface area contributed by atoms with E-state index in [0.717, 1.165) is 0 Å². The number of rotatable bonds is 12. The van der Waals surface area contributed by atoms with E-state index in [1.54, 1.807) is 0 Å². The number of carbonyl (C=O) groups excluding carboxylic acids is 3. The Labute approximate surface area is 185 Å². The first-order valence-electron chi connectivity index (χ1n) is 9.79. The number of likely N-dealkylation sites (tertiary alicyclic amines) is 1. The number of nitrogens with one attached hydrogen (secondary N) is 2. The summed E-state index contributed by atoms with van der Waals surface area (Å²) in [7, 11) is 0. The summed E-state index contributed by atoms with van der Waals surface area (Å²) in [5, 5.41) is 23.3. The minimum absolute atomic E-state index is 0.0784. The molecule has 4 atom stereocenters. The van der Waals surface area contributed by atoms with Gasteiger partial charge in [-0.15, -0.1) is 0 Å². The molecule has 4 unspecified atom stereocenters. The van der Waals surface area contributed by atoms with Crippen LogP contribution >= 0.6 is 12.6 Å². The number of nitrogens with two attached hydrogens (primary N) is 3. The number of hydrogen-bond acceptors (Lipinski definition) is 8. The molecule has 0 radical (unpaired) electrons. The van der Waals surface area contributed by atoms with Crippen molar-refractivity contribution in [1.82, 2.24) is 15.5 Å². The third-order valence-electron chi connectivity index (χ3n) is 4.73. The smallest absolute Gasteiger partial charge is 0.326 e. The van der Waals surface area contributed by atoms with Gasteiger partial charge >= 0.3 is 5.97 Å². The summed E-state index contributed by atoms with van der Waals surface area (Å²) >= 11 is 4.06. The number of carboxylic acid groups (broad SMARTS) is 1. The number of aliphatic hydroxyl groups is 1. The number of carbonyl (C=O) groups is 4. The molecule has 176 valence electrons. The zero-order chi connectivity index (χ0) is 23.6. The van der Waals surface area contributed by atoms with Crippen molar-refractivity contribution in [3.63, 3.8) is 0 Å². The van der Waals surface area contributed by atoms with E-state index in [2.05, 4.69) is 28.3 Å². The van der Waals surface area contributed by atoms with E-state index in [9.17, 15) is 24.3 Å². The molecule has 1 aliphatic heterocycles. The molecule has 0 aromatic rings. The molecule has 0 aliphatic carbocycles. The highest BCUT2D eigenvalue weighted by molar-refractivity contribution is 7.80. The lowest BCUT2D eigenvalue weighted by atomic mass is 10.1. The second-order valence-electron chi connectivity index (χ2n) is 7.07. The van der Waals surface area contributed by atoms with Crippen LogP contribution in [0.15, 0.2) is 4.99 Å². The van der Waals surface area contributed by atoms with Gasteiger partial charge in [0.25, 0.3) is 0 Å². The molecule has 0 aromatic carbocycles. The minimum atomic E-state index is -1.24. The number of carboxylic acids is 1. The van der Waals surface area contributed by atoms with E-state index in [0.29, 0.717) is 25.8 Å². The SMILES string of the molecule is NC(N)=NCCCC(NC(=O)C(CS)NC(=O)C1CCCN1C(=O)C(N)CO)C(=O)O. The van der Waals surface area contributed by atoms with Crippen molar-refractivity contribution in [1.29, 1.82) is 0 Å². The number of aliphatic imine (C=N–C) groups is 1. The van der Waals surface area contributed by atoms with Gasteiger partial charge in [0.05, 0.1) is 6.61 Å². The number of thiol groups is 1. The summed E-state index contributed by atoms with van der Waals surface area (Å²) in [5.41, 5.74) is 16.0. The largest absolute Gasteiger partial charge is 0.480 e. The Balaban J connectivity index is 2.71. The average molecular weight is 462 g/mol. The number of hydrogen-bond donors (Lipinski definition) is 8. The lowest BCUT2D eigenvalue weighted by Gasteiger charge is -2.27. The lowest BCUT2D eigenvalue weighted by molar-refractivity contribution is -0.143. The average Bonchev–Trinajstić information content (AvgIpc) is 3.22. The normalized spacial score (nSPS) is 18.5. The van der Waals surface area contributed by atoms with E-state index in [4.69, 9.17) is 22.3 Å². The first-order chi connectivity index (χ1) is 14.6. The molecule has 1 rings (SSSR count). The maximum Gasteiger partial charge on any atom is 0.326 e. The fourth-order valence-corrected chi connectivity index (χ4v) is 3.35. The molecule has 10 N–H and O–H groups in total. The molecular weight excluding hydrogens is 430 g/mol. The zero-order valence-electron chi connectivity index (χ0n) is 17.1. The van der Waals surface area contributed by atoms with Gasteiger partial charge in [-0.05, 0) is 25.7 Å². The minimum Gasteiger partial charge on any atom is -0.480 e. The first-order valence-corrected chi connectivity index (χ1v) is 10.4. The summed E-state index contributed by atoms with van der Waals surface area (Å²) in [6.07, 6.45) is 1.34. The Bertz CT molecular complexity index is 688. The van der Waals surface area contributed by atoms with E-state index in [-0.39, 0.29) is 24.7 Å². The van der Waals surface area contributed by atoms with Gasteiger partial charge in [-0.25, -0.2) is 4.79 Å². The Morgan fingerprint density at radius 3 is 2.42 bits per heavy atom. The highest BCUT2D eigenvalue weighted by atomic mass is 32.1. The molecule has 13 nitrogen and oxygen atoms in total. The van der Waals surface area contributed by atoms with Crippen LogP contribution in [0.4, 0.5) is 0 Å². The monoisotopic (exact) mass is 461 g/mol. The van der Waals surface area contributed by atoms with Crippen molar-refractivity contribution in [2.24, 2.45) is 22.2 Å². The zero-order valence-corrected chi connectivity index (χ0v) is 18.0. The predicted molar refractivity (Wildman–Crippen MR) is 115 cm³/mol. The maximum atomic E-state index is 12.7. The summed E-state index contributed by atoms with van der Waals surface area (Å²) < 4.78 is 0. The number of aliphatic carboxylic acids is 1. The van der Waals surface area contributed by atoms with Gasteiger partial charge in [-0.2, -0.15) is 12.6 Å².